The minimum Gasteiger partial charge on any atom is -0.326 e. The van der Waals surface area contributed by atoms with Crippen LogP contribution in [-0.2, 0) is 9.59 Å². The number of nitrogens with one attached hydrogen (secondary N) is 2. The summed E-state index contributed by atoms with van der Waals surface area (Å²) in [6, 6.07) is 3.91. The molecule has 9 heteroatoms. The number of halogens is 2. The molecular formula is C19H22ClFN4O2S. The Hall–Kier alpha value is -1.93. The van der Waals surface area contributed by atoms with E-state index >= 15 is 0 Å². The number of thioether (sulfide) groups is 1. The average molecular weight is 425 g/mol. The molecule has 2 N–H and O–H groups in total. The first-order valence-electron chi connectivity index (χ1n) is 9.27. The predicted octanol–water partition coefficient (Wildman–Crippen LogP) is 4.35. The van der Waals surface area contributed by atoms with Crippen molar-refractivity contribution >= 4 is 51.7 Å². The summed E-state index contributed by atoms with van der Waals surface area (Å²) >= 11 is 6.89. The van der Waals surface area contributed by atoms with E-state index in [1.807, 2.05) is 6.92 Å². The van der Waals surface area contributed by atoms with Gasteiger partial charge in [0.2, 0.25) is 11.8 Å². The van der Waals surface area contributed by atoms with Gasteiger partial charge in [-0.25, -0.2) is 4.39 Å². The van der Waals surface area contributed by atoms with Crippen molar-refractivity contribution in [2.75, 3.05) is 5.32 Å². The van der Waals surface area contributed by atoms with Crippen LogP contribution in [0.2, 0.25) is 5.02 Å². The maximum absolute atomic E-state index is 13.2. The molecule has 1 aliphatic heterocycles. The highest BCUT2D eigenvalue weighted by Crippen LogP contribution is 2.26. The number of carbonyl (C=O) groups is 2. The molecule has 1 atom stereocenters. The Balaban J connectivity index is 1.54. The largest absolute Gasteiger partial charge is 0.326 e. The summed E-state index contributed by atoms with van der Waals surface area (Å²) in [5.74, 6) is -0.736. The van der Waals surface area contributed by atoms with Crippen molar-refractivity contribution in [1.29, 1.82) is 0 Å². The van der Waals surface area contributed by atoms with Crippen molar-refractivity contribution in [3.8, 4) is 0 Å². The Kier molecular flexibility index (Phi) is 7.07. The van der Waals surface area contributed by atoms with Gasteiger partial charge in [0.25, 0.3) is 0 Å². The Morgan fingerprint density at radius 1 is 1.36 bits per heavy atom. The number of nitrogens with zero attached hydrogens (tertiary/aromatic N) is 2. The number of amidine groups is 1. The van der Waals surface area contributed by atoms with Crippen LogP contribution >= 0.6 is 23.4 Å². The highest BCUT2D eigenvalue weighted by Gasteiger charge is 2.32. The lowest BCUT2D eigenvalue weighted by atomic mass is 9.86. The third-order valence-electron chi connectivity index (χ3n) is 4.85. The molecule has 1 heterocycles. The highest BCUT2D eigenvalue weighted by molar-refractivity contribution is 8.15. The van der Waals surface area contributed by atoms with Gasteiger partial charge in [-0.15, -0.1) is 5.10 Å². The molecule has 1 aromatic carbocycles. The normalized spacial score (nSPS) is 22.4. The first kappa shape index (κ1) is 20.8. The molecule has 1 unspecified atom stereocenters. The van der Waals surface area contributed by atoms with E-state index in [0.29, 0.717) is 16.8 Å². The fraction of sp³-hybridized carbons (Fsp3) is 0.474. The van der Waals surface area contributed by atoms with Gasteiger partial charge in [-0.1, -0.05) is 42.6 Å². The minimum atomic E-state index is -0.583. The van der Waals surface area contributed by atoms with Crippen LogP contribution in [0.4, 0.5) is 10.1 Å². The van der Waals surface area contributed by atoms with E-state index in [4.69, 9.17) is 11.6 Å². The van der Waals surface area contributed by atoms with E-state index < -0.39 is 11.1 Å². The second-order valence-electron chi connectivity index (χ2n) is 6.96. The molecule has 0 spiro atoms. The van der Waals surface area contributed by atoms with Gasteiger partial charge in [0.15, 0.2) is 5.17 Å². The summed E-state index contributed by atoms with van der Waals surface area (Å²) in [5.41, 5.74) is 1.36. The molecule has 0 bridgehead atoms. The van der Waals surface area contributed by atoms with Crippen LogP contribution in [0, 0.1) is 11.7 Å². The smallest absolute Gasteiger partial charge is 0.240 e. The molecule has 1 saturated heterocycles. The molecule has 2 fully saturated rings. The summed E-state index contributed by atoms with van der Waals surface area (Å²) in [5, 5.41) is 13.5. The number of carbonyl (C=O) groups excluding carboxylic acids is 2. The molecule has 2 aliphatic rings. The standard InChI is InChI=1S/C19H22ClFN4O2S/c1-11(12-5-3-2-4-6-12)24-25-19-23-18(27)16(28-19)10-17(26)22-13-7-8-15(21)14(20)9-13/h7-9,12,16H,2-6,10H2,1H3,(H,22,26)(H,23,25,27)/b24-11+. The van der Waals surface area contributed by atoms with E-state index in [0.717, 1.165) is 18.6 Å². The van der Waals surface area contributed by atoms with E-state index in [2.05, 4.69) is 20.8 Å². The number of hydrogen-bond donors (Lipinski definition) is 2. The molecule has 6 nitrogen and oxygen atoms in total. The highest BCUT2D eigenvalue weighted by atomic mass is 35.5. The zero-order valence-electron chi connectivity index (χ0n) is 15.5. The lowest BCUT2D eigenvalue weighted by molar-refractivity contribution is -0.122. The zero-order chi connectivity index (χ0) is 20.1. The van der Waals surface area contributed by atoms with Gasteiger partial charge in [-0.2, -0.15) is 5.10 Å². The van der Waals surface area contributed by atoms with E-state index in [-0.39, 0.29) is 23.3 Å². The molecular weight excluding hydrogens is 403 g/mol. The zero-order valence-corrected chi connectivity index (χ0v) is 17.1. The molecule has 1 saturated carbocycles. The van der Waals surface area contributed by atoms with Gasteiger partial charge in [0, 0.05) is 17.8 Å². The van der Waals surface area contributed by atoms with Crippen LogP contribution in [0.15, 0.2) is 28.4 Å². The lowest BCUT2D eigenvalue weighted by Crippen LogP contribution is -2.28. The molecule has 0 aromatic heterocycles. The Morgan fingerprint density at radius 3 is 2.82 bits per heavy atom. The van der Waals surface area contributed by atoms with Crippen LogP contribution in [-0.4, -0.2) is 27.9 Å². The second-order valence-corrected chi connectivity index (χ2v) is 8.56. The Labute approximate surface area is 172 Å². The second kappa shape index (κ2) is 9.52. The molecule has 0 radical (unpaired) electrons. The Morgan fingerprint density at radius 2 is 2.11 bits per heavy atom. The van der Waals surface area contributed by atoms with Crippen LogP contribution < -0.4 is 10.6 Å². The van der Waals surface area contributed by atoms with Crippen molar-refractivity contribution in [2.24, 2.45) is 16.1 Å². The summed E-state index contributed by atoms with van der Waals surface area (Å²) in [7, 11) is 0. The van der Waals surface area contributed by atoms with Crippen LogP contribution in [0.5, 0.6) is 0 Å². The van der Waals surface area contributed by atoms with Crippen molar-refractivity contribution in [3.63, 3.8) is 0 Å². The summed E-state index contributed by atoms with van der Waals surface area (Å²) in [6.07, 6.45) is 5.95. The fourth-order valence-electron chi connectivity index (χ4n) is 3.27. The number of hydrogen-bond acceptors (Lipinski definition) is 5. The predicted molar refractivity (Wildman–Crippen MR) is 111 cm³/mol. The summed E-state index contributed by atoms with van der Waals surface area (Å²) in [4.78, 5) is 24.3. The molecule has 150 valence electrons. The summed E-state index contributed by atoms with van der Waals surface area (Å²) < 4.78 is 13.2. The van der Waals surface area contributed by atoms with Gasteiger partial charge in [0.05, 0.1) is 5.02 Å². The maximum atomic E-state index is 13.2. The van der Waals surface area contributed by atoms with Crippen molar-refractivity contribution in [1.82, 2.24) is 5.32 Å². The van der Waals surface area contributed by atoms with Gasteiger partial charge in [-0.05, 0) is 43.9 Å². The number of benzene rings is 1. The van der Waals surface area contributed by atoms with Crippen LogP contribution in [0.25, 0.3) is 0 Å². The monoisotopic (exact) mass is 424 g/mol. The molecule has 3 rings (SSSR count). The van der Waals surface area contributed by atoms with Gasteiger partial charge in [-0.3, -0.25) is 9.59 Å². The molecule has 1 aliphatic carbocycles. The van der Waals surface area contributed by atoms with E-state index in [1.165, 1.54) is 49.2 Å². The Bertz CT molecular complexity index is 824. The van der Waals surface area contributed by atoms with Gasteiger partial charge in [0.1, 0.15) is 11.1 Å². The number of rotatable bonds is 5. The molecule has 28 heavy (non-hydrogen) atoms. The number of amides is 2. The van der Waals surface area contributed by atoms with E-state index in [1.54, 1.807) is 0 Å². The van der Waals surface area contributed by atoms with Gasteiger partial charge >= 0.3 is 0 Å². The van der Waals surface area contributed by atoms with Crippen molar-refractivity contribution in [3.05, 3.63) is 29.0 Å². The minimum absolute atomic E-state index is 0.0319. The maximum Gasteiger partial charge on any atom is 0.240 e. The first-order chi connectivity index (χ1) is 13.4. The van der Waals surface area contributed by atoms with Crippen molar-refractivity contribution < 1.29 is 14.0 Å². The third-order valence-corrected chi connectivity index (χ3v) is 6.21. The quantitative estimate of drug-likeness (QED) is 0.544. The average Bonchev–Trinajstić information content (AvgIpc) is 3.02. The number of anilines is 1. The lowest BCUT2D eigenvalue weighted by Gasteiger charge is -2.20. The molecule has 1 aromatic rings. The van der Waals surface area contributed by atoms with Gasteiger partial charge < -0.3 is 10.6 Å². The van der Waals surface area contributed by atoms with Crippen LogP contribution in [0.3, 0.4) is 0 Å². The fourth-order valence-corrected chi connectivity index (χ4v) is 4.37. The van der Waals surface area contributed by atoms with E-state index in [9.17, 15) is 14.0 Å². The SMILES string of the molecule is C/C(=N\N=C1\NC(=O)C(CC(=O)Nc2ccc(F)c(Cl)c2)S1)C1CCCCC1. The third kappa shape index (κ3) is 5.54. The first-order valence-corrected chi connectivity index (χ1v) is 10.5. The summed E-state index contributed by atoms with van der Waals surface area (Å²) in [6.45, 7) is 1.97. The van der Waals surface area contributed by atoms with Crippen LogP contribution in [0.1, 0.15) is 45.4 Å². The molecule has 2 amide bonds. The van der Waals surface area contributed by atoms with Crippen molar-refractivity contribution in [2.45, 2.75) is 50.7 Å². The topological polar surface area (TPSA) is 82.9 Å².